The summed E-state index contributed by atoms with van der Waals surface area (Å²) in [6, 6.07) is 0. The molecule has 0 aromatic heterocycles. The first kappa shape index (κ1) is 10.1. The molecule has 0 aliphatic heterocycles. The van der Waals surface area contributed by atoms with E-state index in [-0.39, 0.29) is 16.7 Å². The first-order chi connectivity index (χ1) is 5.59. The van der Waals surface area contributed by atoms with Crippen LogP contribution >= 0.6 is 23.2 Å². The topological polar surface area (TPSA) is 26.3 Å². The Kier molecular flexibility index (Phi) is 3.66. The number of esters is 1. The van der Waals surface area contributed by atoms with Crippen molar-refractivity contribution in [2.24, 2.45) is 5.92 Å². The van der Waals surface area contributed by atoms with E-state index in [1.807, 2.05) is 0 Å². The average molecular weight is 211 g/mol. The van der Waals surface area contributed by atoms with E-state index < -0.39 is 0 Å². The summed E-state index contributed by atoms with van der Waals surface area (Å²) in [7, 11) is 0. The number of carbonyl (C=O) groups excluding carboxylic acids is 1. The van der Waals surface area contributed by atoms with E-state index in [1.54, 1.807) is 0 Å². The lowest BCUT2D eigenvalue weighted by Gasteiger charge is -2.07. The lowest BCUT2D eigenvalue weighted by molar-refractivity contribution is -0.142. The quantitative estimate of drug-likeness (QED) is 0.516. The van der Waals surface area contributed by atoms with Gasteiger partial charge in [0, 0.05) is 6.92 Å². The van der Waals surface area contributed by atoms with Gasteiger partial charge in [-0.1, -0.05) is 0 Å². The fourth-order valence-corrected chi connectivity index (χ4v) is 2.11. The zero-order valence-electron chi connectivity index (χ0n) is 6.93. The summed E-state index contributed by atoms with van der Waals surface area (Å²) in [4.78, 5) is 10.5. The van der Waals surface area contributed by atoms with Gasteiger partial charge >= 0.3 is 5.97 Å². The summed E-state index contributed by atoms with van der Waals surface area (Å²) in [5.74, 6) is 0.109. The molecule has 1 aliphatic carbocycles. The average Bonchev–Trinajstić information content (AvgIpc) is 2.28. The Morgan fingerprint density at radius 1 is 1.42 bits per heavy atom. The van der Waals surface area contributed by atoms with Crippen molar-refractivity contribution in [2.75, 3.05) is 6.61 Å². The van der Waals surface area contributed by atoms with Gasteiger partial charge in [0.2, 0.25) is 0 Å². The Balaban J connectivity index is 2.23. The highest BCUT2D eigenvalue weighted by Gasteiger charge is 2.31. The van der Waals surface area contributed by atoms with Crippen LogP contribution in [0, 0.1) is 5.92 Å². The van der Waals surface area contributed by atoms with E-state index in [4.69, 9.17) is 27.9 Å². The Morgan fingerprint density at radius 2 is 1.92 bits per heavy atom. The smallest absolute Gasteiger partial charge is 0.302 e. The molecule has 70 valence electrons. The van der Waals surface area contributed by atoms with Gasteiger partial charge in [0.05, 0.1) is 17.4 Å². The lowest BCUT2D eigenvalue weighted by Crippen LogP contribution is -2.09. The second kappa shape index (κ2) is 4.33. The van der Waals surface area contributed by atoms with Crippen molar-refractivity contribution in [3.63, 3.8) is 0 Å². The largest absolute Gasteiger partial charge is 0.466 e. The Hall–Kier alpha value is 0.0500. The molecule has 1 aliphatic rings. The van der Waals surface area contributed by atoms with Crippen LogP contribution in [-0.2, 0) is 9.53 Å². The first-order valence-corrected chi connectivity index (χ1v) is 4.88. The molecule has 0 aromatic carbocycles. The molecule has 1 rings (SSSR count). The molecule has 0 radical (unpaired) electrons. The summed E-state index contributed by atoms with van der Waals surface area (Å²) >= 11 is 11.8. The van der Waals surface area contributed by atoms with Crippen molar-refractivity contribution in [1.82, 2.24) is 0 Å². The van der Waals surface area contributed by atoms with Crippen LogP contribution in [0.5, 0.6) is 0 Å². The maximum Gasteiger partial charge on any atom is 0.302 e. The molecule has 0 N–H and O–H groups in total. The molecule has 0 spiro atoms. The van der Waals surface area contributed by atoms with Gasteiger partial charge in [-0.25, -0.2) is 0 Å². The van der Waals surface area contributed by atoms with Crippen LogP contribution in [0.4, 0.5) is 0 Å². The minimum absolute atomic E-state index is 0.0345. The van der Waals surface area contributed by atoms with Crippen molar-refractivity contribution in [2.45, 2.75) is 30.5 Å². The molecule has 1 fully saturated rings. The van der Waals surface area contributed by atoms with Crippen molar-refractivity contribution in [3.05, 3.63) is 0 Å². The molecule has 3 atom stereocenters. The molecule has 0 amide bonds. The van der Waals surface area contributed by atoms with E-state index in [0.717, 1.165) is 12.8 Å². The van der Waals surface area contributed by atoms with Crippen LogP contribution in [0.1, 0.15) is 19.8 Å². The fourth-order valence-electron chi connectivity index (χ4n) is 1.40. The molecule has 0 aromatic rings. The summed E-state index contributed by atoms with van der Waals surface area (Å²) < 4.78 is 4.87. The molecule has 1 saturated carbocycles. The van der Waals surface area contributed by atoms with Crippen LogP contribution in [0.25, 0.3) is 0 Å². The minimum Gasteiger partial charge on any atom is -0.466 e. The van der Waals surface area contributed by atoms with Crippen LogP contribution < -0.4 is 0 Å². The lowest BCUT2D eigenvalue weighted by atomic mass is 10.1. The maximum atomic E-state index is 10.5. The molecule has 12 heavy (non-hydrogen) atoms. The van der Waals surface area contributed by atoms with Gasteiger partial charge in [-0.05, 0) is 18.8 Å². The zero-order chi connectivity index (χ0) is 9.14. The predicted octanol–water partition coefficient (Wildman–Crippen LogP) is 2.17. The number of carbonyl (C=O) groups is 1. The third-order valence-electron chi connectivity index (χ3n) is 2.03. The van der Waals surface area contributed by atoms with Gasteiger partial charge in [0.25, 0.3) is 0 Å². The van der Waals surface area contributed by atoms with Gasteiger partial charge in [-0.15, -0.1) is 23.2 Å². The van der Waals surface area contributed by atoms with Gasteiger partial charge < -0.3 is 4.74 Å². The van der Waals surface area contributed by atoms with Crippen molar-refractivity contribution in [3.8, 4) is 0 Å². The molecule has 0 heterocycles. The number of hydrogen-bond donors (Lipinski definition) is 0. The second-order valence-electron chi connectivity index (χ2n) is 3.17. The third kappa shape index (κ3) is 2.83. The van der Waals surface area contributed by atoms with Crippen molar-refractivity contribution >= 4 is 29.2 Å². The van der Waals surface area contributed by atoms with Crippen LogP contribution in [0.15, 0.2) is 0 Å². The number of ether oxygens (including phenoxy) is 1. The highest BCUT2D eigenvalue weighted by molar-refractivity contribution is 6.30. The van der Waals surface area contributed by atoms with Crippen LogP contribution in [0.2, 0.25) is 0 Å². The second-order valence-corrected chi connectivity index (χ2v) is 4.29. The molecule has 0 saturated heterocycles. The SMILES string of the molecule is CC(=O)OCC1C[C@@H](Cl)[C@@H](Cl)C1. The monoisotopic (exact) mass is 210 g/mol. The van der Waals surface area contributed by atoms with E-state index in [0.29, 0.717) is 12.5 Å². The standard InChI is InChI=1S/C8H12Cl2O2/c1-5(11)12-4-6-2-7(9)8(10)3-6/h6-8H,2-4H2,1H3/t6?,7-,8+. The highest BCUT2D eigenvalue weighted by atomic mass is 35.5. The van der Waals surface area contributed by atoms with E-state index in [9.17, 15) is 4.79 Å². The van der Waals surface area contributed by atoms with Gasteiger partial charge in [-0.2, -0.15) is 0 Å². The highest BCUT2D eigenvalue weighted by Crippen LogP contribution is 2.33. The van der Waals surface area contributed by atoms with Gasteiger partial charge in [0.1, 0.15) is 0 Å². The third-order valence-corrected chi connectivity index (χ3v) is 3.13. The normalized spacial score (nSPS) is 35.1. The maximum absolute atomic E-state index is 10.5. The first-order valence-electron chi connectivity index (χ1n) is 4.01. The summed E-state index contributed by atoms with van der Waals surface area (Å²) in [5, 5.41) is 0.0689. The number of rotatable bonds is 2. The number of halogens is 2. The molecule has 1 unspecified atom stereocenters. The van der Waals surface area contributed by atoms with E-state index in [2.05, 4.69) is 0 Å². The summed E-state index contributed by atoms with van der Waals surface area (Å²) in [6.45, 7) is 1.87. The number of hydrogen-bond acceptors (Lipinski definition) is 2. The molecule has 2 nitrogen and oxygen atoms in total. The minimum atomic E-state index is -0.237. The molecule has 0 bridgehead atoms. The predicted molar refractivity (Wildman–Crippen MR) is 48.6 cm³/mol. The number of alkyl halides is 2. The Morgan fingerprint density at radius 3 is 2.33 bits per heavy atom. The van der Waals surface area contributed by atoms with E-state index in [1.165, 1.54) is 6.92 Å². The molecule has 4 heteroatoms. The van der Waals surface area contributed by atoms with Crippen LogP contribution in [0.3, 0.4) is 0 Å². The Bertz CT molecular complexity index is 162. The summed E-state index contributed by atoms with van der Waals surface area (Å²) in [5.41, 5.74) is 0. The fraction of sp³-hybridized carbons (Fsp3) is 0.875. The van der Waals surface area contributed by atoms with E-state index >= 15 is 0 Å². The van der Waals surface area contributed by atoms with Crippen LogP contribution in [-0.4, -0.2) is 23.3 Å². The Labute approximate surface area is 82.2 Å². The van der Waals surface area contributed by atoms with Crippen molar-refractivity contribution in [1.29, 1.82) is 0 Å². The molecular weight excluding hydrogens is 199 g/mol. The molecular formula is C8H12Cl2O2. The summed E-state index contributed by atoms with van der Waals surface area (Å²) in [6.07, 6.45) is 1.70. The van der Waals surface area contributed by atoms with Gasteiger partial charge in [-0.3, -0.25) is 4.79 Å². The zero-order valence-corrected chi connectivity index (χ0v) is 8.44. The van der Waals surface area contributed by atoms with Crippen molar-refractivity contribution < 1.29 is 9.53 Å². The van der Waals surface area contributed by atoms with Gasteiger partial charge in [0.15, 0.2) is 0 Å².